The third kappa shape index (κ3) is 8.03. The lowest BCUT2D eigenvalue weighted by molar-refractivity contribution is -0.290. The van der Waals surface area contributed by atoms with Gasteiger partial charge in [0.1, 0.15) is 5.75 Å². The molecule has 2 N–H and O–H groups in total. The Morgan fingerprint density at radius 2 is 1.69 bits per heavy atom. The highest BCUT2D eigenvalue weighted by atomic mass is 32.2. The van der Waals surface area contributed by atoms with Gasteiger partial charge in [-0.05, 0) is 30.3 Å². The maximum absolute atomic E-state index is 12.9. The maximum atomic E-state index is 12.9. The van der Waals surface area contributed by atoms with Gasteiger partial charge in [-0.3, -0.25) is 4.79 Å². The van der Waals surface area contributed by atoms with E-state index in [0.717, 1.165) is 42.6 Å². The van der Waals surface area contributed by atoms with Gasteiger partial charge in [0.25, 0.3) is 15.9 Å². The minimum absolute atomic E-state index is 0.175. The van der Waals surface area contributed by atoms with Crippen LogP contribution in [0.3, 0.4) is 0 Å². The van der Waals surface area contributed by atoms with E-state index in [1.807, 2.05) is 0 Å². The Morgan fingerprint density at radius 1 is 1.03 bits per heavy atom. The molecule has 0 bridgehead atoms. The van der Waals surface area contributed by atoms with Crippen molar-refractivity contribution in [2.45, 2.75) is 17.0 Å². The van der Waals surface area contributed by atoms with Crippen molar-refractivity contribution in [1.29, 1.82) is 0 Å². The second-order valence-corrected chi connectivity index (χ2v) is 8.27. The number of alkyl halides is 5. The number of nitrogens with zero attached hydrogens (tertiary/aromatic N) is 1. The molecule has 0 saturated heterocycles. The Balaban J connectivity index is 1.97. The van der Waals surface area contributed by atoms with Gasteiger partial charge in [0, 0.05) is 25.9 Å². The first-order valence-electron chi connectivity index (χ1n) is 9.40. The predicted octanol–water partition coefficient (Wildman–Crippen LogP) is 2.51. The largest absolute Gasteiger partial charge is 0.487 e. The van der Waals surface area contributed by atoms with Crippen molar-refractivity contribution in [1.82, 2.24) is 15.0 Å². The molecule has 2 amide bonds. The van der Waals surface area contributed by atoms with Crippen molar-refractivity contribution < 1.29 is 54.2 Å². The lowest BCUT2D eigenvalue weighted by Gasteiger charge is -2.19. The summed E-state index contributed by atoms with van der Waals surface area (Å²) >= 11 is 0. The average Bonchev–Trinajstić information content (AvgIpc) is 2.77. The molecular formula is C19H18F5N3O7S. The SMILES string of the molecule is COCCNC(=O)Oc1ccc(C(=O)NS(=O)(=O)c2ccc(OCC(F)(F)C(F)(F)F)cc2)cn1. The van der Waals surface area contributed by atoms with Crippen LogP contribution in [-0.4, -0.2) is 64.4 Å². The van der Waals surface area contributed by atoms with Gasteiger partial charge in [0.15, 0.2) is 6.61 Å². The number of rotatable bonds is 10. The van der Waals surface area contributed by atoms with Crippen molar-refractivity contribution in [2.75, 3.05) is 26.9 Å². The molecular weight excluding hydrogens is 509 g/mol. The number of hydrogen-bond acceptors (Lipinski definition) is 8. The Hall–Kier alpha value is -3.53. The first-order chi connectivity index (χ1) is 16.2. The number of nitrogens with one attached hydrogen (secondary N) is 2. The molecule has 0 spiro atoms. The monoisotopic (exact) mass is 527 g/mol. The molecule has 0 aliphatic heterocycles. The van der Waals surface area contributed by atoms with Gasteiger partial charge < -0.3 is 19.5 Å². The van der Waals surface area contributed by atoms with Crippen LogP contribution in [0.5, 0.6) is 11.6 Å². The summed E-state index contributed by atoms with van der Waals surface area (Å²) in [7, 11) is -3.01. The summed E-state index contributed by atoms with van der Waals surface area (Å²) in [5, 5.41) is 2.36. The van der Waals surface area contributed by atoms with Crippen molar-refractivity contribution in [3.8, 4) is 11.6 Å². The quantitative estimate of drug-likeness (QED) is 0.356. The number of methoxy groups -OCH3 is 1. The fourth-order valence-corrected chi connectivity index (χ4v) is 3.15. The highest BCUT2D eigenvalue weighted by Crippen LogP contribution is 2.35. The molecule has 1 aromatic carbocycles. The minimum Gasteiger partial charge on any atom is -0.487 e. The van der Waals surface area contributed by atoms with Gasteiger partial charge in [-0.1, -0.05) is 0 Å². The number of ether oxygens (including phenoxy) is 3. The van der Waals surface area contributed by atoms with Crippen LogP contribution in [0.4, 0.5) is 26.7 Å². The molecule has 0 aliphatic rings. The number of carbonyl (C=O) groups is 2. The summed E-state index contributed by atoms with van der Waals surface area (Å²) in [4.78, 5) is 27.0. The number of pyridine rings is 1. The molecule has 0 radical (unpaired) electrons. The number of hydrogen-bond donors (Lipinski definition) is 2. The summed E-state index contributed by atoms with van der Waals surface area (Å²) in [5.74, 6) is -6.83. The fourth-order valence-electron chi connectivity index (χ4n) is 2.17. The zero-order valence-corrected chi connectivity index (χ0v) is 18.6. The lowest BCUT2D eigenvalue weighted by Crippen LogP contribution is -2.41. The third-order valence-corrected chi connectivity index (χ3v) is 5.31. The fraction of sp³-hybridized carbons (Fsp3) is 0.316. The number of sulfonamides is 1. The number of halogens is 5. The van der Waals surface area contributed by atoms with Crippen LogP contribution in [0, 0.1) is 0 Å². The van der Waals surface area contributed by atoms with Crippen LogP contribution in [0.1, 0.15) is 10.4 Å². The van der Waals surface area contributed by atoms with E-state index in [9.17, 15) is 40.0 Å². The summed E-state index contributed by atoms with van der Waals surface area (Å²) < 4.78 is 103. The van der Waals surface area contributed by atoms with Gasteiger partial charge in [-0.15, -0.1) is 0 Å². The van der Waals surface area contributed by atoms with E-state index in [4.69, 9.17) is 9.47 Å². The van der Waals surface area contributed by atoms with Gasteiger partial charge >= 0.3 is 18.2 Å². The molecule has 2 rings (SSSR count). The highest BCUT2D eigenvalue weighted by molar-refractivity contribution is 7.90. The predicted molar refractivity (Wildman–Crippen MR) is 108 cm³/mol. The van der Waals surface area contributed by atoms with Gasteiger partial charge in [-0.25, -0.2) is 22.9 Å². The normalized spacial score (nSPS) is 12.1. The zero-order valence-electron chi connectivity index (χ0n) is 17.8. The van der Waals surface area contributed by atoms with Crippen LogP contribution in [0.2, 0.25) is 0 Å². The standard InChI is InChI=1S/C19H18F5N3O7S/c1-32-9-8-25-17(29)34-15-7-2-12(10-26-15)16(28)27-35(30,31)14-5-3-13(4-6-14)33-11-18(20,21)19(22,23)24/h2-7,10H,8-9,11H2,1H3,(H,25,29)(H,27,28). The van der Waals surface area contributed by atoms with Gasteiger partial charge in [-0.2, -0.15) is 22.0 Å². The summed E-state index contributed by atoms with van der Waals surface area (Å²) in [5.41, 5.74) is -0.213. The topological polar surface area (TPSA) is 133 Å². The summed E-state index contributed by atoms with van der Waals surface area (Å²) in [6.07, 6.45) is -5.69. The minimum atomic E-state index is -5.81. The molecule has 2 aromatic rings. The van der Waals surface area contributed by atoms with Crippen LogP contribution in [-0.2, 0) is 14.8 Å². The molecule has 0 aliphatic carbocycles. The molecule has 1 heterocycles. The number of amides is 2. The second-order valence-electron chi connectivity index (χ2n) is 6.59. The molecule has 0 saturated carbocycles. The van der Waals surface area contributed by atoms with E-state index in [2.05, 4.69) is 15.0 Å². The smallest absolute Gasteiger partial charge is 0.456 e. The van der Waals surface area contributed by atoms with E-state index in [-0.39, 0.29) is 24.6 Å². The summed E-state index contributed by atoms with van der Waals surface area (Å²) in [6, 6.07) is 5.64. The number of benzene rings is 1. The molecule has 1 aromatic heterocycles. The zero-order chi connectivity index (χ0) is 26.3. The van der Waals surface area contributed by atoms with Crippen molar-refractivity contribution in [2.24, 2.45) is 0 Å². The lowest BCUT2D eigenvalue weighted by atomic mass is 10.3. The molecule has 10 nitrogen and oxygen atoms in total. The molecule has 0 atom stereocenters. The van der Waals surface area contributed by atoms with E-state index in [0.29, 0.717) is 0 Å². The number of aromatic nitrogens is 1. The van der Waals surface area contributed by atoms with Crippen molar-refractivity contribution >= 4 is 22.0 Å². The Bertz CT molecular complexity index is 1130. The summed E-state index contributed by atoms with van der Waals surface area (Å²) in [6.45, 7) is -1.57. The highest BCUT2D eigenvalue weighted by Gasteiger charge is 2.58. The van der Waals surface area contributed by atoms with Crippen LogP contribution < -0.4 is 19.5 Å². The van der Waals surface area contributed by atoms with Crippen molar-refractivity contribution in [3.05, 3.63) is 48.2 Å². The Kier molecular flexibility index (Phi) is 8.92. The van der Waals surface area contributed by atoms with Crippen LogP contribution in [0.15, 0.2) is 47.5 Å². The average molecular weight is 527 g/mol. The van der Waals surface area contributed by atoms with Crippen molar-refractivity contribution in [3.63, 3.8) is 0 Å². The maximum Gasteiger partial charge on any atom is 0.456 e. The van der Waals surface area contributed by atoms with Crippen LogP contribution >= 0.6 is 0 Å². The molecule has 0 fully saturated rings. The van der Waals surface area contributed by atoms with E-state index < -0.39 is 51.4 Å². The first kappa shape index (κ1) is 27.7. The van der Waals surface area contributed by atoms with E-state index in [1.165, 1.54) is 7.11 Å². The first-order valence-corrected chi connectivity index (χ1v) is 10.9. The second kappa shape index (κ2) is 11.3. The molecule has 192 valence electrons. The Morgan fingerprint density at radius 3 is 2.23 bits per heavy atom. The molecule has 0 unspecified atom stereocenters. The van der Waals surface area contributed by atoms with E-state index in [1.54, 1.807) is 4.72 Å². The number of carbonyl (C=O) groups excluding carboxylic acids is 2. The van der Waals surface area contributed by atoms with Gasteiger partial charge in [0.2, 0.25) is 5.88 Å². The van der Waals surface area contributed by atoms with E-state index >= 15 is 0 Å². The Labute approximate surface area is 195 Å². The van der Waals surface area contributed by atoms with Gasteiger partial charge in [0.05, 0.1) is 17.1 Å². The van der Waals surface area contributed by atoms with Crippen LogP contribution in [0.25, 0.3) is 0 Å². The molecule has 16 heteroatoms. The molecule has 35 heavy (non-hydrogen) atoms. The third-order valence-electron chi connectivity index (χ3n) is 3.97.